The molecule has 0 aromatic rings. The van der Waals surface area contributed by atoms with Crippen LogP contribution in [0.3, 0.4) is 0 Å². The number of ether oxygens (including phenoxy) is 1. The van der Waals surface area contributed by atoms with Gasteiger partial charge >= 0.3 is 5.91 Å². The van der Waals surface area contributed by atoms with Crippen LogP contribution in [-0.2, 0) is 9.53 Å². The molecule has 4 heteroatoms. The maximum absolute atomic E-state index is 10.5. The second-order valence-corrected chi connectivity index (χ2v) is 1.45. The first-order valence-corrected chi connectivity index (χ1v) is 2.62. The van der Waals surface area contributed by atoms with E-state index in [9.17, 15) is 4.79 Å². The number of azo groups is 1. The van der Waals surface area contributed by atoms with Crippen molar-refractivity contribution in [2.24, 2.45) is 10.2 Å². The summed E-state index contributed by atoms with van der Waals surface area (Å²) in [6.45, 7) is 2.27. The van der Waals surface area contributed by atoms with Gasteiger partial charge in [0.1, 0.15) is 0 Å². The summed E-state index contributed by atoms with van der Waals surface area (Å²) in [4.78, 5) is 10.5. The molecule has 48 valence electrons. The Balaban J connectivity index is 2.54. The zero-order valence-electron chi connectivity index (χ0n) is 5.00. The second kappa shape index (κ2) is 2.39. The molecule has 4 nitrogen and oxygen atoms in total. The van der Waals surface area contributed by atoms with E-state index in [1.165, 1.54) is 6.20 Å². The van der Waals surface area contributed by atoms with Crippen LogP contribution in [0.15, 0.2) is 22.2 Å². The average molecular weight is 126 g/mol. The van der Waals surface area contributed by atoms with Gasteiger partial charge in [0, 0.05) is 0 Å². The predicted octanol–water partition coefficient (Wildman–Crippen LogP) is 0.857. The molecule has 0 saturated carbocycles. The van der Waals surface area contributed by atoms with E-state index in [2.05, 4.69) is 10.2 Å². The highest BCUT2D eigenvalue weighted by molar-refractivity contribution is 5.93. The Labute approximate surface area is 52.2 Å². The monoisotopic (exact) mass is 126 g/mol. The van der Waals surface area contributed by atoms with Gasteiger partial charge in [0.2, 0.25) is 5.76 Å². The van der Waals surface area contributed by atoms with Crippen LogP contribution in [0.1, 0.15) is 6.92 Å². The summed E-state index contributed by atoms with van der Waals surface area (Å²) in [6.07, 6.45) is 1.31. The molecule has 0 aromatic carbocycles. The Bertz CT molecular complexity index is 183. The lowest BCUT2D eigenvalue weighted by atomic mass is 10.5. The van der Waals surface area contributed by atoms with E-state index in [1.807, 2.05) is 0 Å². The lowest BCUT2D eigenvalue weighted by Crippen LogP contribution is -1.98. The minimum atomic E-state index is -0.392. The third-order valence-corrected chi connectivity index (χ3v) is 0.834. The topological polar surface area (TPSA) is 51.0 Å². The van der Waals surface area contributed by atoms with Crippen LogP contribution in [0.25, 0.3) is 0 Å². The first-order valence-electron chi connectivity index (χ1n) is 2.62. The Kier molecular flexibility index (Phi) is 1.58. The highest BCUT2D eigenvalue weighted by Gasteiger charge is 2.12. The molecule has 1 amide bonds. The number of carbonyl (C=O) groups excluding carboxylic acids is 1. The zero-order valence-corrected chi connectivity index (χ0v) is 5.00. The summed E-state index contributed by atoms with van der Waals surface area (Å²) in [6, 6.07) is 0. The van der Waals surface area contributed by atoms with Crippen molar-refractivity contribution < 1.29 is 9.53 Å². The average Bonchev–Trinajstić information content (AvgIpc) is 2.18. The first kappa shape index (κ1) is 5.94. The molecule has 0 spiro atoms. The van der Waals surface area contributed by atoms with Crippen LogP contribution in [0.4, 0.5) is 0 Å². The molecule has 1 heterocycles. The van der Waals surface area contributed by atoms with Crippen molar-refractivity contribution in [2.75, 3.05) is 6.61 Å². The molecular formula is C5H6N2O2. The van der Waals surface area contributed by atoms with Gasteiger partial charge in [-0.1, -0.05) is 0 Å². The van der Waals surface area contributed by atoms with E-state index >= 15 is 0 Å². The number of hydrogen-bond donors (Lipinski definition) is 0. The Morgan fingerprint density at radius 3 is 3.00 bits per heavy atom. The van der Waals surface area contributed by atoms with E-state index in [4.69, 9.17) is 4.74 Å². The summed E-state index contributed by atoms with van der Waals surface area (Å²) >= 11 is 0. The molecule has 1 aliphatic heterocycles. The molecule has 0 aliphatic carbocycles. The van der Waals surface area contributed by atoms with Crippen molar-refractivity contribution in [3.05, 3.63) is 12.0 Å². The van der Waals surface area contributed by atoms with Gasteiger partial charge in [-0.05, 0) is 6.92 Å². The van der Waals surface area contributed by atoms with Crippen LogP contribution < -0.4 is 0 Å². The highest BCUT2D eigenvalue weighted by Crippen LogP contribution is 2.07. The molecule has 0 N–H and O–H groups in total. The second-order valence-electron chi connectivity index (χ2n) is 1.45. The first-order chi connectivity index (χ1) is 4.34. The highest BCUT2D eigenvalue weighted by atomic mass is 16.5. The number of nitrogens with zero attached hydrogens (tertiary/aromatic N) is 2. The van der Waals surface area contributed by atoms with Crippen LogP contribution >= 0.6 is 0 Å². The zero-order chi connectivity index (χ0) is 6.69. The van der Waals surface area contributed by atoms with Crippen molar-refractivity contribution in [2.45, 2.75) is 6.92 Å². The van der Waals surface area contributed by atoms with Gasteiger partial charge in [0.05, 0.1) is 12.8 Å². The third-order valence-electron chi connectivity index (χ3n) is 0.834. The summed E-state index contributed by atoms with van der Waals surface area (Å²) in [7, 11) is 0. The Hall–Kier alpha value is -1.19. The molecule has 9 heavy (non-hydrogen) atoms. The molecule has 0 saturated heterocycles. The molecule has 1 aliphatic rings. The number of rotatable bonds is 2. The lowest BCUT2D eigenvalue weighted by molar-refractivity contribution is -0.117. The van der Waals surface area contributed by atoms with E-state index < -0.39 is 5.91 Å². The quantitative estimate of drug-likeness (QED) is 0.550. The molecule has 0 radical (unpaired) electrons. The van der Waals surface area contributed by atoms with Crippen LogP contribution in [0.5, 0.6) is 0 Å². The third kappa shape index (κ3) is 1.13. The number of carbonyl (C=O) groups is 1. The van der Waals surface area contributed by atoms with E-state index in [0.717, 1.165) is 0 Å². The van der Waals surface area contributed by atoms with Crippen molar-refractivity contribution in [3.63, 3.8) is 0 Å². The maximum Gasteiger partial charge on any atom is 0.332 e. The summed E-state index contributed by atoms with van der Waals surface area (Å²) < 4.78 is 4.84. The maximum atomic E-state index is 10.5. The summed E-state index contributed by atoms with van der Waals surface area (Å²) in [5.74, 6) is -0.158. The van der Waals surface area contributed by atoms with Gasteiger partial charge in [0.15, 0.2) is 0 Å². The molecule has 0 bridgehead atoms. The smallest absolute Gasteiger partial charge is 0.332 e. The van der Waals surface area contributed by atoms with E-state index in [-0.39, 0.29) is 5.76 Å². The van der Waals surface area contributed by atoms with Gasteiger partial charge in [-0.15, -0.1) is 5.11 Å². The fourth-order valence-electron chi connectivity index (χ4n) is 0.493. The molecular weight excluding hydrogens is 120 g/mol. The van der Waals surface area contributed by atoms with Gasteiger partial charge in [-0.25, -0.2) is 0 Å². The Morgan fingerprint density at radius 2 is 2.56 bits per heavy atom. The molecule has 1 rings (SSSR count). The van der Waals surface area contributed by atoms with Crippen LogP contribution in [-0.4, -0.2) is 12.5 Å². The normalized spacial score (nSPS) is 16.1. The largest absolute Gasteiger partial charge is 0.487 e. The number of amides is 1. The van der Waals surface area contributed by atoms with Crippen LogP contribution in [0, 0.1) is 0 Å². The molecule has 0 unspecified atom stereocenters. The van der Waals surface area contributed by atoms with Gasteiger partial charge in [-0.3, -0.25) is 4.79 Å². The summed E-state index contributed by atoms with van der Waals surface area (Å²) in [5, 5.41) is 6.56. The fraction of sp³-hybridized carbons (Fsp3) is 0.400. The van der Waals surface area contributed by atoms with Crippen molar-refractivity contribution >= 4 is 5.91 Å². The van der Waals surface area contributed by atoms with Crippen molar-refractivity contribution in [1.82, 2.24) is 0 Å². The van der Waals surface area contributed by atoms with Gasteiger partial charge in [-0.2, -0.15) is 5.11 Å². The molecule has 0 atom stereocenters. The number of hydrogen-bond acceptors (Lipinski definition) is 3. The lowest BCUT2D eigenvalue weighted by Gasteiger charge is -1.96. The van der Waals surface area contributed by atoms with E-state index in [0.29, 0.717) is 6.61 Å². The molecule has 0 fully saturated rings. The van der Waals surface area contributed by atoms with Crippen LogP contribution in [0.2, 0.25) is 0 Å². The predicted molar refractivity (Wildman–Crippen MR) is 29.6 cm³/mol. The fourth-order valence-corrected chi connectivity index (χ4v) is 0.493. The van der Waals surface area contributed by atoms with E-state index in [1.54, 1.807) is 6.92 Å². The Morgan fingerprint density at radius 1 is 1.78 bits per heavy atom. The van der Waals surface area contributed by atoms with Crippen molar-refractivity contribution in [1.29, 1.82) is 0 Å². The standard InChI is InChI=1S/C5H6N2O2/c1-2-9-4-3-6-7-5(4)8/h3H,2H2,1H3. The van der Waals surface area contributed by atoms with Crippen molar-refractivity contribution in [3.8, 4) is 0 Å². The summed E-state index contributed by atoms with van der Waals surface area (Å²) in [5.41, 5.74) is 0. The van der Waals surface area contributed by atoms with Gasteiger partial charge in [0.25, 0.3) is 0 Å². The molecule has 0 aromatic heterocycles. The SMILES string of the molecule is CCOC1=CN=NC1=O. The van der Waals surface area contributed by atoms with Gasteiger partial charge < -0.3 is 4.74 Å². The minimum absolute atomic E-state index is 0.234. The minimum Gasteiger partial charge on any atom is -0.487 e.